The average molecular weight is 614 g/mol. The summed E-state index contributed by atoms with van der Waals surface area (Å²) in [6.45, 7) is -1.20. The molecule has 0 radical (unpaired) electrons. The Bertz CT molecular complexity index is 1280. The molecule has 3 rings (SSSR count). The lowest BCUT2D eigenvalue weighted by atomic mass is 9.83. The molecular weight excluding hydrogens is 586 g/mol. The van der Waals surface area contributed by atoms with Gasteiger partial charge in [-0.2, -0.15) is 0 Å². The van der Waals surface area contributed by atoms with Gasteiger partial charge in [-0.05, 0) is 35.1 Å². The van der Waals surface area contributed by atoms with Crippen molar-refractivity contribution >= 4 is 39.4 Å². The standard InChI is InChI=1S/C21H27F4N7O6S2/c22-13(23)8-28-40(36,37)12-7-27-15(6-11(12)18(26)33)29-19(34)16(10-4-2-1-3-5-10)30-20(35)17-21(32-38-31-17)39-9-14(24)25/h6-7,10,13-14,16,19,28,34H,1-5,8-9H2,(H2,26,33)(H,27,29)(H,30,35)/t16-,19-/m0/s1. The van der Waals surface area contributed by atoms with Crippen molar-refractivity contribution < 1.29 is 45.3 Å². The van der Waals surface area contributed by atoms with Gasteiger partial charge in [-0.15, -0.1) is 0 Å². The molecule has 0 spiro atoms. The van der Waals surface area contributed by atoms with Crippen LogP contribution in [0.2, 0.25) is 0 Å². The number of anilines is 1. The number of rotatable bonds is 14. The van der Waals surface area contributed by atoms with Crippen molar-refractivity contribution in [1.82, 2.24) is 25.3 Å². The van der Waals surface area contributed by atoms with Crippen LogP contribution in [0.15, 0.2) is 26.8 Å². The highest BCUT2D eigenvalue weighted by Crippen LogP contribution is 2.29. The van der Waals surface area contributed by atoms with Crippen molar-refractivity contribution in [3.63, 3.8) is 0 Å². The Hall–Kier alpha value is -3.03. The van der Waals surface area contributed by atoms with E-state index in [4.69, 9.17) is 5.73 Å². The summed E-state index contributed by atoms with van der Waals surface area (Å²) >= 11 is 0.570. The second kappa shape index (κ2) is 14.0. The van der Waals surface area contributed by atoms with Crippen molar-refractivity contribution in [2.45, 2.75) is 67.1 Å². The molecule has 0 aromatic carbocycles. The summed E-state index contributed by atoms with van der Waals surface area (Å²) in [7, 11) is -4.58. The third-order valence-electron chi connectivity index (χ3n) is 5.96. The van der Waals surface area contributed by atoms with Crippen molar-refractivity contribution in [2.75, 3.05) is 17.6 Å². The lowest BCUT2D eigenvalue weighted by molar-refractivity contribution is 0.0740. The summed E-state index contributed by atoms with van der Waals surface area (Å²) in [6.07, 6.45) is -2.67. The van der Waals surface area contributed by atoms with E-state index in [1.165, 1.54) is 0 Å². The van der Waals surface area contributed by atoms with Crippen LogP contribution < -0.4 is 21.1 Å². The zero-order valence-electron chi connectivity index (χ0n) is 20.7. The van der Waals surface area contributed by atoms with Gasteiger partial charge in [0, 0.05) is 0 Å². The second-order valence-electron chi connectivity index (χ2n) is 8.78. The van der Waals surface area contributed by atoms with Crippen LogP contribution in [0.4, 0.5) is 23.4 Å². The molecule has 1 aliphatic rings. The third kappa shape index (κ3) is 8.48. The van der Waals surface area contributed by atoms with E-state index in [0.29, 0.717) is 30.8 Å². The van der Waals surface area contributed by atoms with Gasteiger partial charge < -0.3 is 21.5 Å². The van der Waals surface area contributed by atoms with E-state index < -0.39 is 69.7 Å². The molecule has 6 N–H and O–H groups in total. The predicted octanol–water partition coefficient (Wildman–Crippen LogP) is 1.57. The number of primary amides is 1. The molecule has 2 aromatic rings. The largest absolute Gasteiger partial charge is 0.372 e. The van der Waals surface area contributed by atoms with Crippen LogP contribution in [0.1, 0.15) is 53.0 Å². The summed E-state index contributed by atoms with van der Waals surface area (Å²) in [5, 5.41) is 23.1. The maximum absolute atomic E-state index is 13.0. The van der Waals surface area contributed by atoms with Crippen molar-refractivity contribution in [3.05, 3.63) is 23.5 Å². The van der Waals surface area contributed by atoms with Crippen LogP contribution in [-0.4, -0.2) is 78.1 Å². The fraction of sp³-hybridized carbons (Fsp3) is 0.571. The van der Waals surface area contributed by atoms with Gasteiger partial charge in [0.2, 0.25) is 28.0 Å². The summed E-state index contributed by atoms with van der Waals surface area (Å²) in [4.78, 5) is 28.0. The van der Waals surface area contributed by atoms with Gasteiger partial charge in [0.1, 0.15) is 16.9 Å². The first-order valence-corrected chi connectivity index (χ1v) is 14.4. The Morgan fingerprint density at radius 3 is 2.48 bits per heavy atom. The zero-order valence-corrected chi connectivity index (χ0v) is 22.4. The molecule has 1 aliphatic carbocycles. The van der Waals surface area contributed by atoms with Gasteiger partial charge >= 0.3 is 0 Å². The highest BCUT2D eigenvalue weighted by Gasteiger charge is 2.34. The number of hydrogen-bond acceptors (Lipinski definition) is 11. The van der Waals surface area contributed by atoms with Gasteiger partial charge in [-0.25, -0.2) is 40.3 Å². The van der Waals surface area contributed by atoms with Crippen LogP contribution >= 0.6 is 11.8 Å². The van der Waals surface area contributed by atoms with E-state index in [2.05, 4.69) is 30.6 Å². The number of aromatic nitrogens is 3. The summed E-state index contributed by atoms with van der Waals surface area (Å²) < 4.78 is 81.2. The first kappa shape index (κ1) is 31.5. The molecule has 13 nitrogen and oxygen atoms in total. The van der Waals surface area contributed by atoms with Crippen LogP contribution in [-0.2, 0) is 10.0 Å². The molecule has 1 fully saturated rings. The average Bonchev–Trinajstić information content (AvgIpc) is 3.38. The predicted molar refractivity (Wildman–Crippen MR) is 132 cm³/mol. The second-order valence-corrected chi connectivity index (χ2v) is 11.5. The first-order chi connectivity index (χ1) is 18.9. The van der Waals surface area contributed by atoms with E-state index in [1.807, 2.05) is 0 Å². The number of aliphatic hydroxyl groups is 1. The fourth-order valence-corrected chi connectivity index (χ4v) is 5.92. The van der Waals surface area contributed by atoms with Crippen LogP contribution in [0.5, 0.6) is 0 Å². The first-order valence-electron chi connectivity index (χ1n) is 12.0. The molecule has 0 bridgehead atoms. The Morgan fingerprint density at radius 1 is 1.15 bits per heavy atom. The molecule has 2 aromatic heterocycles. The van der Waals surface area contributed by atoms with E-state index in [-0.39, 0.29) is 22.5 Å². The zero-order chi connectivity index (χ0) is 29.4. The number of amides is 2. The normalized spacial score (nSPS) is 16.2. The van der Waals surface area contributed by atoms with Crippen LogP contribution in [0.25, 0.3) is 0 Å². The number of nitrogens with two attached hydrogens (primary N) is 1. The Kier molecular flexibility index (Phi) is 11.1. The molecule has 0 saturated heterocycles. The molecule has 40 heavy (non-hydrogen) atoms. The number of carbonyl (C=O) groups is 2. The number of thioether (sulfide) groups is 1. The molecular formula is C21H27F4N7O6S2. The minimum atomic E-state index is -4.58. The lowest BCUT2D eigenvalue weighted by Crippen LogP contribution is -2.52. The molecule has 0 unspecified atom stereocenters. The maximum atomic E-state index is 13.0. The number of alkyl halides is 4. The number of sulfonamides is 1. The molecule has 2 atom stereocenters. The summed E-state index contributed by atoms with van der Waals surface area (Å²) in [6, 6.07) is -0.0597. The SMILES string of the molecule is NC(=O)c1cc(N[C@@H](O)[C@@H](NC(=O)c2nonc2SCC(F)F)C2CCCCC2)ncc1S(=O)(=O)NCC(F)F. The monoisotopic (exact) mass is 613 g/mol. The Labute approximate surface area is 230 Å². The molecule has 1 saturated carbocycles. The number of nitrogens with one attached hydrogen (secondary N) is 3. The highest BCUT2D eigenvalue weighted by atomic mass is 32.2. The molecule has 2 heterocycles. The van der Waals surface area contributed by atoms with Crippen molar-refractivity contribution in [2.24, 2.45) is 11.7 Å². The third-order valence-corrected chi connectivity index (χ3v) is 8.37. The summed E-state index contributed by atoms with van der Waals surface area (Å²) in [5.41, 5.74) is 4.36. The number of hydrogen-bond donors (Lipinski definition) is 5. The quantitative estimate of drug-likeness (QED) is 0.118. The van der Waals surface area contributed by atoms with Crippen LogP contribution in [0.3, 0.4) is 0 Å². The topological polar surface area (TPSA) is 202 Å². The van der Waals surface area contributed by atoms with E-state index in [9.17, 15) is 40.7 Å². The van der Waals surface area contributed by atoms with Crippen LogP contribution in [0, 0.1) is 5.92 Å². The number of halogens is 4. The molecule has 2 amide bonds. The van der Waals surface area contributed by atoms with Crippen molar-refractivity contribution in [1.29, 1.82) is 0 Å². The van der Waals surface area contributed by atoms with Crippen molar-refractivity contribution in [3.8, 4) is 0 Å². The summed E-state index contributed by atoms with van der Waals surface area (Å²) in [5.74, 6) is -3.15. The fourth-order valence-electron chi connectivity index (χ4n) is 4.14. The van der Waals surface area contributed by atoms with Gasteiger partial charge in [0.25, 0.3) is 12.3 Å². The van der Waals surface area contributed by atoms with E-state index in [1.54, 1.807) is 4.72 Å². The molecule has 19 heteroatoms. The van der Waals surface area contributed by atoms with E-state index >= 15 is 0 Å². The van der Waals surface area contributed by atoms with E-state index in [0.717, 1.165) is 25.3 Å². The minimum Gasteiger partial charge on any atom is -0.372 e. The maximum Gasteiger partial charge on any atom is 0.276 e. The van der Waals surface area contributed by atoms with Gasteiger partial charge in [-0.3, -0.25) is 9.59 Å². The van der Waals surface area contributed by atoms with Gasteiger partial charge in [0.15, 0.2) is 5.03 Å². The van der Waals surface area contributed by atoms with Gasteiger partial charge in [-0.1, -0.05) is 31.0 Å². The number of nitrogens with zero attached hydrogens (tertiary/aromatic N) is 3. The smallest absolute Gasteiger partial charge is 0.276 e. The number of carbonyl (C=O) groups excluding carboxylic acids is 2. The van der Waals surface area contributed by atoms with Gasteiger partial charge in [0.05, 0.1) is 30.1 Å². The lowest BCUT2D eigenvalue weighted by Gasteiger charge is -2.34. The molecule has 0 aliphatic heterocycles. The minimum absolute atomic E-state index is 0.160. The highest BCUT2D eigenvalue weighted by molar-refractivity contribution is 7.99. The molecule has 222 valence electrons. The Balaban J connectivity index is 1.83. The number of aliphatic hydroxyl groups excluding tert-OH is 1. The Morgan fingerprint density at radius 2 is 1.85 bits per heavy atom. The number of pyridine rings is 1.